The summed E-state index contributed by atoms with van der Waals surface area (Å²) >= 11 is 4.79. The van der Waals surface area contributed by atoms with Crippen molar-refractivity contribution < 1.29 is 31.0 Å². The molecule has 0 aliphatic heterocycles. The minimum Gasteiger partial charge on any atom is -1.00 e. The van der Waals surface area contributed by atoms with Gasteiger partial charge in [-0.15, -0.1) is 0 Å². The smallest absolute Gasteiger partial charge is 1.00 e. The first-order valence-corrected chi connectivity index (χ1v) is 2.43. The SMILES string of the molecule is S=c1cc[nH]cc1.[H-].[Na+]. The predicted octanol–water partition coefficient (Wildman–Crippen LogP) is -1.14. The van der Waals surface area contributed by atoms with E-state index in [1.54, 1.807) is 0 Å². The zero-order valence-electron chi connectivity index (χ0n) is 5.72. The Morgan fingerprint density at radius 3 is 2.12 bits per heavy atom. The maximum atomic E-state index is 4.79. The first-order valence-electron chi connectivity index (χ1n) is 2.03. The van der Waals surface area contributed by atoms with Crippen LogP contribution in [0.3, 0.4) is 0 Å². The zero-order valence-corrected chi connectivity index (χ0v) is 7.53. The van der Waals surface area contributed by atoms with Gasteiger partial charge in [-0.1, -0.05) is 12.2 Å². The first kappa shape index (κ1) is 8.37. The molecule has 0 radical (unpaired) electrons. The second kappa shape index (κ2) is 4.27. The molecule has 0 spiro atoms. The Bertz CT molecular complexity index is 183. The van der Waals surface area contributed by atoms with Gasteiger partial charge in [0.1, 0.15) is 0 Å². The van der Waals surface area contributed by atoms with E-state index in [1.165, 1.54) is 0 Å². The minimum atomic E-state index is 0. The van der Waals surface area contributed by atoms with Crippen molar-refractivity contribution in [3.8, 4) is 0 Å². The van der Waals surface area contributed by atoms with Gasteiger partial charge < -0.3 is 6.41 Å². The molecule has 38 valence electrons. The third-order valence-corrected chi connectivity index (χ3v) is 0.960. The molecule has 1 rings (SSSR count). The summed E-state index contributed by atoms with van der Waals surface area (Å²) in [5, 5.41) is 0. The van der Waals surface area contributed by atoms with Crippen molar-refractivity contribution in [3.63, 3.8) is 0 Å². The number of hydrogen-bond donors (Lipinski definition) is 1. The van der Waals surface area contributed by atoms with Gasteiger partial charge in [-0.3, -0.25) is 0 Å². The van der Waals surface area contributed by atoms with E-state index in [4.69, 9.17) is 12.2 Å². The number of pyridine rings is 1. The Balaban J connectivity index is 0. The van der Waals surface area contributed by atoms with E-state index in [9.17, 15) is 0 Å². The molecule has 1 heterocycles. The van der Waals surface area contributed by atoms with Crippen LogP contribution in [-0.4, -0.2) is 4.98 Å². The van der Waals surface area contributed by atoms with Crippen molar-refractivity contribution in [2.45, 2.75) is 0 Å². The molecule has 1 N–H and O–H groups in total. The molecule has 8 heavy (non-hydrogen) atoms. The summed E-state index contributed by atoms with van der Waals surface area (Å²) < 4.78 is 0.874. The van der Waals surface area contributed by atoms with Crippen molar-refractivity contribution >= 4 is 12.2 Å². The predicted molar refractivity (Wildman–Crippen MR) is 32.7 cm³/mol. The van der Waals surface area contributed by atoms with Gasteiger partial charge in [0.05, 0.1) is 0 Å². The van der Waals surface area contributed by atoms with Gasteiger partial charge in [0, 0.05) is 16.9 Å². The Labute approximate surface area is 76.9 Å². The molecule has 0 aliphatic rings. The van der Waals surface area contributed by atoms with Crippen molar-refractivity contribution in [2.75, 3.05) is 0 Å². The standard InChI is InChI=1S/C5H5NS.Na.H/c7-5-1-3-6-4-2-5;;/h1-4H,(H,6,7);;/q;+1;-1. The van der Waals surface area contributed by atoms with Crippen LogP contribution in [0.4, 0.5) is 0 Å². The summed E-state index contributed by atoms with van der Waals surface area (Å²) in [5.74, 6) is 0. The van der Waals surface area contributed by atoms with E-state index in [0.717, 1.165) is 4.51 Å². The number of aromatic nitrogens is 1. The molecule has 0 atom stereocenters. The molecule has 0 fully saturated rings. The van der Waals surface area contributed by atoms with Crippen LogP contribution in [0, 0.1) is 4.51 Å². The van der Waals surface area contributed by atoms with Gasteiger partial charge in [-0.05, 0) is 12.1 Å². The molecule has 0 saturated carbocycles. The van der Waals surface area contributed by atoms with Gasteiger partial charge in [-0.2, -0.15) is 0 Å². The summed E-state index contributed by atoms with van der Waals surface area (Å²) in [6.07, 6.45) is 3.62. The molecule has 0 bridgehead atoms. The van der Waals surface area contributed by atoms with E-state index in [1.807, 2.05) is 24.5 Å². The Hall–Kier alpha value is 0.370. The summed E-state index contributed by atoms with van der Waals surface area (Å²) in [6.45, 7) is 0. The largest absolute Gasteiger partial charge is 1.00 e. The van der Waals surface area contributed by atoms with Crippen LogP contribution >= 0.6 is 12.2 Å². The summed E-state index contributed by atoms with van der Waals surface area (Å²) in [5.41, 5.74) is 0. The quantitative estimate of drug-likeness (QED) is 0.351. The second-order valence-corrected chi connectivity index (χ2v) is 1.71. The van der Waals surface area contributed by atoms with E-state index in [2.05, 4.69) is 4.98 Å². The third kappa shape index (κ3) is 2.62. The van der Waals surface area contributed by atoms with Gasteiger partial charge in [-0.25, -0.2) is 0 Å². The topological polar surface area (TPSA) is 15.8 Å². The zero-order chi connectivity index (χ0) is 5.11. The Morgan fingerprint density at radius 1 is 1.38 bits per heavy atom. The van der Waals surface area contributed by atoms with Gasteiger partial charge in [0.2, 0.25) is 0 Å². The van der Waals surface area contributed by atoms with E-state index in [0.29, 0.717) is 0 Å². The fourth-order valence-electron chi connectivity index (χ4n) is 0.372. The number of aromatic amines is 1. The number of nitrogens with one attached hydrogen (secondary N) is 1. The van der Waals surface area contributed by atoms with Crippen LogP contribution in [0.15, 0.2) is 24.5 Å². The molecule has 0 saturated heterocycles. The average Bonchev–Trinajstić information content (AvgIpc) is 1.69. The van der Waals surface area contributed by atoms with Gasteiger partial charge in [0.25, 0.3) is 0 Å². The van der Waals surface area contributed by atoms with Crippen molar-refractivity contribution in [1.82, 2.24) is 4.98 Å². The molecule has 1 nitrogen and oxygen atoms in total. The molecule has 1 aromatic heterocycles. The van der Waals surface area contributed by atoms with Gasteiger partial charge >= 0.3 is 29.6 Å². The fraction of sp³-hybridized carbons (Fsp3) is 0. The molecular formula is C5H6NNaS. The Kier molecular flexibility index (Phi) is 4.47. The minimum absolute atomic E-state index is 0. The molecule has 0 aliphatic carbocycles. The van der Waals surface area contributed by atoms with Crippen molar-refractivity contribution in [2.24, 2.45) is 0 Å². The number of H-pyrrole nitrogens is 1. The van der Waals surface area contributed by atoms with Crippen LogP contribution in [0.25, 0.3) is 0 Å². The van der Waals surface area contributed by atoms with E-state index < -0.39 is 0 Å². The number of rotatable bonds is 0. The first-order chi connectivity index (χ1) is 3.39. The maximum Gasteiger partial charge on any atom is 1.00 e. The molecule has 0 aromatic carbocycles. The van der Waals surface area contributed by atoms with Crippen molar-refractivity contribution in [1.29, 1.82) is 0 Å². The van der Waals surface area contributed by atoms with Crippen LogP contribution in [0.1, 0.15) is 1.43 Å². The molecule has 3 heteroatoms. The van der Waals surface area contributed by atoms with Crippen LogP contribution in [0.2, 0.25) is 0 Å². The summed E-state index contributed by atoms with van der Waals surface area (Å²) in [4.78, 5) is 2.87. The monoisotopic (exact) mass is 135 g/mol. The molecule has 0 amide bonds. The fourth-order valence-corrected chi connectivity index (χ4v) is 0.508. The summed E-state index contributed by atoms with van der Waals surface area (Å²) in [7, 11) is 0. The van der Waals surface area contributed by atoms with Crippen molar-refractivity contribution in [3.05, 3.63) is 29.0 Å². The Morgan fingerprint density at radius 2 is 1.88 bits per heavy atom. The van der Waals surface area contributed by atoms with Crippen LogP contribution in [-0.2, 0) is 0 Å². The molecular weight excluding hydrogens is 129 g/mol. The molecule has 0 unspecified atom stereocenters. The second-order valence-electron chi connectivity index (χ2n) is 1.24. The van der Waals surface area contributed by atoms with E-state index >= 15 is 0 Å². The third-order valence-electron chi connectivity index (χ3n) is 0.688. The molecule has 1 aromatic rings. The average molecular weight is 135 g/mol. The van der Waals surface area contributed by atoms with Crippen LogP contribution < -0.4 is 29.6 Å². The van der Waals surface area contributed by atoms with E-state index in [-0.39, 0.29) is 31.0 Å². The van der Waals surface area contributed by atoms with Crippen LogP contribution in [0.5, 0.6) is 0 Å². The maximum absolute atomic E-state index is 4.79. The summed E-state index contributed by atoms with van der Waals surface area (Å²) in [6, 6.07) is 3.69. The normalized spacial score (nSPS) is 7.50. The number of hydrogen-bond acceptors (Lipinski definition) is 1. The van der Waals surface area contributed by atoms with Gasteiger partial charge in [0.15, 0.2) is 0 Å².